The van der Waals surface area contributed by atoms with Gasteiger partial charge in [0, 0.05) is 12.6 Å². The summed E-state index contributed by atoms with van der Waals surface area (Å²) in [5.41, 5.74) is 2.23. The van der Waals surface area contributed by atoms with E-state index in [2.05, 4.69) is 18.3 Å². The van der Waals surface area contributed by atoms with E-state index in [1.54, 1.807) is 0 Å². The largest absolute Gasteiger partial charge is 0.387 e. The molecule has 1 aliphatic carbocycles. The normalized spacial score (nSPS) is 19.4. The molecule has 0 saturated heterocycles. The zero-order valence-electron chi connectivity index (χ0n) is 11.4. The molecule has 0 aliphatic heterocycles. The number of benzene rings is 1. The van der Waals surface area contributed by atoms with E-state index in [1.807, 2.05) is 18.2 Å². The van der Waals surface area contributed by atoms with Gasteiger partial charge in [0.1, 0.15) is 0 Å². The smallest absolute Gasteiger partial charge is 0.0917 e. The van der Waals surface area contributed by atoms with Crippen molar-refractivity contribution < 1.29 is 5.11 Å². The second-order valence-electron chi connectivity index (χ2n) is 5.47. The van der Waals surface area contributed by atoms with E-state index in [0.717, 1.165) is 5.56 Å². The van der Waals surface area contributed by atoms with E-state index in [1.165, 1.54) is 44.1 Å². The van der Waals surface area contributed by atoms with Crippen LogP contribution in [-0.2, 0) is 0 Å². The predicted octanol–water partition coefficient (Wildman–Crippen LogP) is 3.34. The first-order valence-electron chi connectivity index (χ1n) is 7.24. The van der Waals surface area contributed by atoms with Crippen LogP contribution in [0.15, 0.2) is 24.3 Å². The summed E-state index contributed by atoms with van der Waals surface area (Å²) in [4.78, 5) is 0. The van der Waals surface area contributed by atoms with E-state index >= 15 is 0 Å². The Morgan fingerprint density at radius 3 is 2.50 bits per heavy atom. The molecule has 1 aromatic rings. The average molecular weight is 247 g/mol. The highest BCUT2D eigenvalue weighted by Crippen LogP contribution is 2.19. The molecule has 2 heteroatoms. The number of rotatable bonds is 4. The lowest BCUT2D eigenvalue weighted by Gasteiger charge is -2.20. The first-order valence-corrected chi connectivity index (χ1v) is 7.24. The summed E-state index contributed by atoms with van der Waals surface area (Å²) in [5, 5.41) is 13.8. The van der Waals surface area contributed by atoms with Gasteiger partial charge >= 0.3 is 0 Å². The van der Waals surface area contributed by atoms with E-state index < -0.39 is 0 Å². The zero-order valence-corrected chi connectivity index (χ0v) is 11.4. The number of hydrogen-bond acceptors (Lipinski definition) is 2. The fourth-order valence-electron chi connectivity index (χ4n) is 2.83. The van der Waals surface area contributed by atoms with Gasteiger partial charge in [-0.3, -0.25) is 0 Å². The SMILES string of the molecule is Cc1ccccc1C(O)CNC1CCCCCC1. The molecule has 1 aromatic carbocycles. The highest BCUT2D eigenvalue weighted by molar-refractivity contribution is 5.27. The van der Waals surface area contributed by atoms with Gasteiger partial charge < -0.3 is 10.4 Å². The summed E-state index contributed by atoms with van der Waals surface area (Å²) in [7, 11) is 0. The molecule has 0 amide bonds. The second kappa shape index (κ2) is 6.91. The van der Waals surface area contributed by atoms with Crippen LogP contribution in [0.25, 0.3) is 0 Å². The molecule has 1 atom stereocenters. The Bertz CT molecular complexity index is 356. The number of hydrogen-bond donors (Lipinski definition) is 2. The molecule has 1 saturated carbocycles. The van der Waals surface area contributed by atoms with Crippen LogP contribution in [0.2, 0.25) is 0 Å². The Morgan fingerprint density at radius 2 is 1.83 bits per heavy atom. The standard InChI is InChI=1S/C16H25NO/c1-13-8-6-7-11-15(13)16(18)12-17-14-9-4-2-3-5-10-14/h6-8,11,14,16-18H,2-5,9-10,12H2,1H3. The minimum atomic E-state index is -0.380. The van der Waals surface area contributed by atoms with Crippen molar-refractivity contribution in [3.63, 3.8) is 0 Å². The van der Waals surface area contributed by atoms with Gasteiger partial charge in [0.05, 0.1) is 6.10 Å². The van der Waals surface area contributed by atoms with Crippen molar-refractivity contribution >= 4 is 0 Å². The third-order valence-electron chi connectivity index (χ3n) is 4.00. The average Bonchev–Trinajstić information content (AvgIpc) is 2.65. The van der Waals surface area contributed by atoms with Crippen LogP contribution >= 0.6 is 0 Å². The molecule has 100 valence electrons. The number of aliphatic hydroxyl groups excluding tert-OH is 1. The monoisotopic (exact) mass is 247 g/mol. The first kappa shape index (κ1) is 13.6. The molecule has 2 nitrogen and oxygen atoms in total. The molecule has 0 bridgehead atoms. The molecule has 0 aromatic heterocycles. The maximum Gasteiger partial charge on any atom is 0.0917 e. The minimum absolute atomic E-state index is 0.380. The van der Waals surface area contributed by atoms with Crippen molar-refractivity contribution in [2.24, 2.45) is 0 Å². The van der Waals surface area contributed by atoms with Gasteiger partial charge in [-0.25, -0.2) is 0 Å². The maximum atomic E-state index is 10.2. The number of nitrogens with one attached hydrogen (secondary N) is 1. The van der Waals surface area contributed by atoms with Crippen LogP contribution in [0.5, 0.6) is 0 Å². The van der Waals surface area contributed by atoms with Gasteiger partial charge in [-0.2, -0.15) is 0 Å². The summed E-state index contributed by atoms with van der Waals surface area (Å²) < 4.78 is 0. The van der Waals surface area contributed by atoms with Gasteiger partial charge in [0.15, 0.2) is 0 Å². The lowest BCUT2D eigenvalue weighted by atomic mass is 10.0. The molecule has 0 radical (unpaired) electrons. The van der Waals surface area contributed by atoms with Crippen molar-refractivity contribution in [3.8, 4) is 0 Å². The van der Waals surface area contributed by atoms with Crippen LogP contribution in [-0.4, -0.2) is 17.7 Å². The quantitative estimate of drug-likeness (QED) is 0.800. The van der Waals surface area contributed by atoms with Crippen LogP contribution in [0.1, 0.15) is 55.8 Å². The summed E-state index contributed by atoms with van der Waals surface area (Å²) in [6.45, 7) is 2.74. The van der Waals surface area contributed by atoms with E-state index in [9.17, 15) is 5.11 Å². The minimum Gasteiger partial charge on any atom is -0.387 e. The van der Waals surface area contributed by atoms with E-state index in [-0.39, 0.29) is 6.10 Å². The van der Waals surface area contributed by atoms with Crippen molar-refractivity contribution in [1.29, 1.82) is 0 Å². The lowest BCUT2D eigenvalue weighted by Crippen LogP contribution is -2.32. The second-order valence-corrected chi connectivity index (χ2v) is 5.47. The Labute approximate surface area is 110 Å². The van der Waals surface area contributed by atoms with Crippen molar-refractivity contribution in [1.82, 2.24) is 5.32 Å². The van der Waals surface area contributed by atoms with E-state index in [0.29, 0.717) is 12.6 Å². The number of aliphatic hydroxyl groups is 1. The third kappa shape index (κ3) is 3.82. The predicted molar refractivity (Wildman–Crippen MR) is 75.6 cm³/mol. The Balaban J connectivity index is 1.84. The molecule has 18 heavy (non-hydrogen) atoms. The maximum absolute atomic E-state index is 10.2. The van der Waals surface area contributed by atoms with E-state index in [4.69, 9.17) is 0 Å². The zero-order chi connectivity index (χ0) is 12.8. The van der Waals surface area contributed by atoms with Crippen LogP contribution in [0.4, 0.5) is 0 Å². The van der Waals surface area contributed by atoms with Crippen LogP contribution in [0, 0.1) is 6.92 Å². The van der Waals surface area contributed by atoms with Crippen molar-refractivity contribution in [3.05, 3.63) is 35.4 Å². The summed E-state index contributed by atoms with van der Waals surface area (Å²) >= 11 is 0. The summed E-state index contributed by atoms with van der Waals surface area (Å²) in [5.74, 6) is 0. The fourth-order valence-corrected chi connectivity index (χ4v) is 2.83. The van der Waals surface area contributed by atoms with Gasteiger partial charge in [-0.15, -0.1) is 0 Å². The Kier molecular flexibility index (Phi) is 5.21. The third-order valence-corrected chi connectivity index (χ3v) is 4.00. The fraction of sp³-hybridized carbons (Fsp3) is 0.625. The van der Waals surface area contributed by atoms with Crippen LogP contribution in [0.3, 0.4) is 0 Å². The van der Waals surface area contributed by atoms with Gasteiger partial charge in [0.25, 0.3) is 0 Å². The number of aryl methyl sites for hydroxylation is 1. The molecule has 2 rings (SSSR count). The Hall–Kier alpha value is -0.860. The topological polar surface area (TPSA) is 32.3 Å². The van der Waals surface area contributed by atoms with Crippen molar-refractivity contribution in [2.45, 2.75) is 57.6 Å². The lowest BCUT2D eigenvalue weighted by molar-refractivity contribution is 0.167. The molecule has 0 heterocycles. The molecular weight excluding hydrogens is 222 g/mol. The molecule has 1 aliphatic rings. The van der Waals surface area contributed by atoms with Gasteiger partial charge in [-0.1, -0.05) is 49.9 Å². The van der Waals surface area contributed by atoms with Crippen LogP contribution < -0.4 is 5.32 Å². The molecule has 1 fully saturated rings. The molecule has 0 spiro atoms. The van der Waals surface area contributed by atoms with Gasteiger partial charge in [0.2, 0.25) is 0 Å². The first-order chi connectivity index (χ1) is 8.77. The molecule has 1 unspecified atom stereocenters. The van der Waals surface area contributed by atoms with Gasteiger partial charge in [-0.05, 0) is 30.9 Å². The summed E-state index contributed by atoms with van der Waals surface area (Å²) in [6, 6.07) is 8.70. The highest BCUT2D eigenvalue weighted by atomic mass is 16.3. The van der Waals surface area contributed by atoms with Crippen molar-refractivity contribution in [2.75, 3.05) is 6.54 Å². The molecular formula is C16H25NO. The molecule has 2 N–H and O–H groups in total. The summed E-state index contributed by atoms with van der Waals surface area (Å²) in [6.07, 6.45) is 7.56. The Morgan fingerprint density at radius 1 is 1.17 bits per heavy atom. The highest BCUT2D eigenvalue weighted by Gasteiger charge is 2.15.